The van der Waals surface area contributed by atoms with Crippen LogP contribution in [0.3, 0.4) is 0 Å². The van der Waals surface area contributed by atoms with E-state index in [1.807, 2.05) is 44.2 Å². The van der Waals surface area contributed by atoms with Crippen LogP contribution in [0.2, 0.25) is 0 Å². The highest BCUT2D eigenvalue weighted by molar-refractivity contribution is 5.97. The second-order valence-electron chi connectivity index (χ2n) is 6.69. The second kappa shape index (κ2) is 8.39. The minimum Gasteiger partial charge on any atom is -0.409 e. The average molecular weight is 377 g/mol. The smallest absolute Gasteiger partial charge is 0.256 e. The van der Waals surface area contributed by atoms with Crippen LogP contribution in [0.5, 0.6) is 0 Å². The van der Waals surface area contributed by atoms with Crippen molar-refractivity contribution in [1.82, 2.24) is 14.9 Å². The number of carbonyl (C=O) groups excluding carboxylic acids is 1. The number of hydrogen-bond acceptors (Lipinski definition) is 4. The fraction of sp³-hybridized carbons (Fsp3) is 0.190. The number of pyridine rings is 1. The van der Waals surface area contributed by atoms with Crippen LogP contribution in [-0.2, 0) is 13.1 Å². The van der Waals surface area contributed by atoms with Crippen molar-refractivity contribution in [2.75, 3.05) is 0 Å². The summed E-state index contributed by atoms with van der Waals surface area (Å²) in [6, 6.07) is 13.0. The molecule has 28 heavy (non-hydrogen) atoms. The Hall–Kier alpha value is -3.61. The molecule has 0 fully saturated rings. The van der Waals surface area contributed by atoms with Crippen LogP contribution in [0, 0.1) is 13.8 Å². The zero-order chi connectivity index (χ0) is 20.1. The lowest BCUT2D eigenvalue weighted by Gasteiger charge is -2.23. The van der Waals surface area contributed by atoms with Gasteiger partial charge in [-0.25, -0.2) is 0 Å². The summed E-state index contributed by atoms with van der Waals surface area (Å²) < 4.78 is 0. The van der Waals surface area contributed by atoms with Gasteiger partial charge in [0, 0.05) is 42.4 Å². The molecule has 2 heterocycles. The van der Waals surface area contributed by atoms with Crippen molar-refractivity contribution in [3.05, 3.63) is 88.5 Å². The molecule has 0 radical (unpaired) electrons. The fourth-order valence-electron chi connectivity index (χ4n) is 3.08. The Morgan fingerprint density at radius 1 is 1.11 bits per heavy atom. The van der Waals surface area contributed by atoms with Gasteiger partial charge in [-0.15, -0.1) is 0 Å². The first-order valence-electron chi connectivity index (χ1n) is 8.89. The molecule has 7 nitrogen and oxygen atoms in total. The Morgan fingerprint density at radius 2 is 1.71 bits per heavy atom. The van der Waals surface area contributed by atoms with E-state index in [1.54, 1.807) is 29.4 Å². The molecule has 4 N–H and O–H groups in total. The monoisotopic (exact) mass is 377 g/mol. The van der Waals surface area contributed by atoms with E-state index in [0.29, 0.717) is 24.2 Å². The zero-order valence-electron chi connectivity index (χ0n) is 15.9. The van der Waals surface area contributed by atoms with Gasteiger partial charge >= 0.3 is 0 Å². The maximum Gasteiger partial charge on any atom is 0.256 e. The van der Waals surface area contributed by atoms with Gasteiger partial charge < -0.3 is 20.8 Å². The van der Waals surface area contributed by atoms with E-state index >= 15 is 0 Å². The number of nitrogens with two attached hydrogens (primary N) is 1. The van der Waals surface area contributed by atoms with E-state index in [4.69, 9.17) is 10.9 Å². The topological polar surface area (TPSA) is 108 Å². The van der Waals surface area contributed by atoms with E-state index in [9.17, 15) is 4.79 Å². The molecule has 0 saturated carbocycles. The summed E-state index contributed by atoms with van der Waals surface area (Å²) in [5.74, 6) is 0.00821. The van der Waals surface area contributed by atoms with Crippen molar-refractivity contribution in [1.29, 1.82) is 0 Å². The zero-order valence-corrected chi connectivity index (χ0v) is 15.9. The highest BCUT2D eigenvalue weighted by atomic mass is 16.4. The van der Waals surface area contributed by atoms with Gasteiger partial charge in [-0.2, -0.15) is 0 Å². The van der Waals surface area contributed by atoms with Gasteiger partial charge in [0.25, 0.3) is 5.91 Å². The van der Waals surface area contributed by atoms with Crippen molar-refractivity contribution in [2.45, 2.75) is 26.9 Å². The molecule has 7 heteroatoms. The van der Waals surface area contributed by atoms with Crippen molar-refractivity contribution in [2.24, 2.45) is 10.9 Å². The standard InChI is InChI=1S/C21H23N5O2/c1-14-11-19(15(2)24-14)21(27)26(13-17-7-9-23-10-8-17)12-16-3-5-18(6-4-16)20(22)25-28/h3-11,24,28H,12-13H2,1-2H3,(H2,22,25). The van der Waals surface area contributed by atoms with Crippen LogP contribution < -0.4 is 5.73 Å². The molecule has 0 saturated heterocycles. The molecule has 0 atom stereocenters. The summed E-state index contributed by atoms with van der Waals surface area (Å²) in [7, 11) is 0. The first-order valence-corrected chi connectivity index (χ1v) is 8.89. The van der Waals surface area contributed by atoms with Gasteiger partial charge in [-0.1, -0.05) is 29.4 Å². The Labute approximate surface area is 163 Å². The normalized spacial score (nSPS) is 11.4. The Bertz CT molecular complexity index is 978. The van der Waals surface area contributed by atoms with E-state index in [2.05, 4.69) is 15.1 Å². The van der Waals surface area contributed by atoms with E-state index in [1.165, 1.54) is 0 Å². The Balaban J connectivity index is 1.87. The van der Waals surface area contributed by atoms with Crippen LogP contribution in [-0.4, -0.2) is 31.8 Å². The predicted molar refractivity (Wildman–Crippen MR) is 107 cm³/mol. The molecule has 1 amide bonds. The highest BCUT2D eigenvalue weighted by Crippen LogP contribution is 2.18. The summed E-state index contributed by atoms with van der Waals surface area (Å²) in [5, 5.41) is 11.8. The van der Waals surface area contributed by atoms with Crippen LogP contribution >= 0.6 is 0 Å². The minimum absolute atomic E-state index is 0.0424. The van der Waals surface area contributed by atoms with E-state index in [-0.39, 0.29) is 11.7 Å². The van der Waals surface area contributed by atoms with Crippen molar-refractivity contribution in [3.8, 4) is 0 Å². The summed E-state index contributed by atoms with van der Waals surface area (Å²) >= 11 is 0. The SMILES string of the molecule is Cc1cc(C(=O)N(Cc2ccncc2)Cc2ccc(C(N)=NO)cc2)c(C)[nH]1. The number of benzene rings is 1. The first kappa shape index (κ1) is 19.2. The maximum atomic E-state index is 13.2. The Kier molecular flexibility index (Phi) is 5.74. The molecule has 2 aromatic heterocycles. The van der Waals surface area contributed by atoms with Gasteiger partial charge in [-0.3, -0.25) is 9.78 Å². The third-order valence-corrected chi connectivity index (χ3v) is 4.52. The summed E-state index contributed by atoms with van der Waals surface area (Å²) in [4.78, 5) is 22.3. The van der Waals surface area contributed by atoms with Gasteiger partial charge in [-0.05, 0) is 43.2 Å². The number of nitrogens with zero attached hydrogens (tertiary/aromatic N) is 3. The third kappa shape index (κ3) is 4.37. The van der Waals surface area contributed by atoms with E-state index < -0.39 is 0 Å². The molecular formula is C21H23N5O2. The number of hydrogen-bond donors (Lipinski definition) is 3. The van der Waals surface area contributed by atoms with Gasteiger partial charge in [0.15, 0.2) is 5.84 Å². The van der Waals surface area contributed by atoms with Crippen LogP contribution in [0.25, 0.3) is 0 Å². The van der Waals surface area contributed by atoms with Crippen LogP contribution in [0.1, 0.15) is 38.4 Å². The second-order valence-corrected chi connectivity index (χ2v) is 6.69. The molecule has 0 aliphatic rings. The molecule has 0 bridgehead atoms. The third-order valence-electron chi connectivity index (χ3n) is 4.52. The number of aromatic amines is 1. The number of oxime groups is 1. The molecule has 0 unspecified atom stereocenters. The van der Waals surface area contributed by atoms with Gasteiger partial charge in [0.1, 0.15) is 0 Å². The average Bonchev–Trinajstić information content (AvgIpc) is 3.05. The van der Waals surface area contributed by atoms with Gasteiger partial charge in [0.05, 0.1) is 5.56 Å². The molecule has 3 rings (SSSR count). The number of carbonyl (C=O) groups is 1. The maximum absolute atomic E-state index is 13.2. The molecular weight excluding hydrogens is 354 g/mol. The lowest BCUT2D eigenvalue weighted by atomic mass is 10.1. The molecule has 3 aromatic rings. The minimum atomic E-state index is -0.0424. The summed E-state index contributed by atoms with van der Waals surface area (Å²) in [5.41, 5.74) is 10.7. The highest BCUT2D eigenvalue weighted by Gasteiger charge is 2.20. The number of aryl methyl sites for hydroxylation is 2. The Morgan fingerprint density at radius 3 is 2.25 bits per heavy atom. The predicted octanol–water partition coefficient (Wildman–Crippen LogP) is 2.96. The lowest BCUT2D eigenvalue weighted by Crippen LogP contribution is -2.30. The molecule has 0 aliphatic carbocycles. The molecule has 144 valence electrons. The van der Waals surface area contributed by atoms with Gasteiger partial charge in [0.2, 0.25) is 0 Å². The number of nitrogens with one attached hydrogen (secondary N) is 1. The number of H-pyrrole nitrogens is 1. The summed E-state index contributed by atoms with van der Waals surface area (Å²) in [6.07, 6.45) is 3.44. The van der Waals surface area contributed by atoms with Crippen molar-refractivity contribution in [3.63, 3.8) is 0 Å². The molecule has 1 aromatic carbocycles. The first-order chi connectivity index (χ1) is 13.5. The lowest BCUT2D eigenvalue weighted by molar-refractivity contribution is 0.0729. The number of aromatic nitrogens is 2. The van der Waals surface area contributed by atoms with Crippen LogP contribution in [0.4, 0.5) is 0 Å². The number of amidine groups is 1. The fourth-order valence-corrected chi connectivity index (χ4v) is 3.08. The molecule has 0 spiro atoms. The molecule has 0 aliphatic heterocycles. The summed E-state index contributed by atoms with van der Waals surface area (Å²) in [6.45, 7) is 4.73. The van der Waals surface area contributed by atoms with Crippen molar-refractivity contribution < 1.29 is 10.0 Å². The largest absolute Gasteiger partial charge is 0.409 e. The number of rotatable bonds is 6. The van der Waals surface area contributed by atoms with E-state index in [0.717, 1.165) is 22.5 Å². The quantitative estimate of drug-likeness (QED) is 0.266. The number of amides is 1. The van der Waals surface area contributed by atoms with Crippen LogP contribution in [0.15, 0.2) is 60.0 Å². The van der Waals surface area contributed by atoms with Crippen molar-refractivity contribution >= 4 is 11.7 Å².